The average molecular weight is 297 g/mol. The Hall–Kier alpha value is -1.44. The third-order valence-corrected chi connectivity index (χ3v) is 5.05. The van der Waals surface area contributed by atoms with E-state index < -0.39 is 10.0 Å². The molecule has 7 heteroatoms. The monoisotopic (exact) mass is 297 g/mol. The molecule has 2 aromatic rings. The van der Waals surface area contributed by atoms with Crippen LogP contribution >= 0.6 is 11.3 Å². The predicted octanol–water partition coefficient (Wildman–Crippen LogP) is 1.82. The number of hydrogen-bond donors (Lipinski definition) is 2. The van der Waals surface area contributed by atoms with Crippen molar-refractivity contribution < 1.29 is 8.42 Å². The summed E-state index contributed by atoms with van der Waals surface area (Å²) >= 11 is 1.40. The summed E-state index contributed by atoms with van der Waals surface area (Å²) in [6, 6.07) is 3.10. The summed E-state index contributed by atoms with van der Waals surface area (Å²) in [5, 5.41) is 2.53. The number of nitrogens with two attached hydrogens (primary N) is 1. The van der Waals surface area contributed by atoms with Crippen molar-refractivity contribution in [1.82, 2.24) is 9.71 Å². The molecule has 1 aromatic heterocycles. The van der Waals surface area contributed by atoms with Crippen LogP contribution in [-0.2, 0) is 16.6 Å². The number of thiazole rings is 1. The molecule has 0 aliphatic rings. The molecule has 1 heterocycles. The second-order valence-electron chi connectivity index (χ2n) is 4.20. The van der Waals surface area contributed by atoms with Gasteiger partial charge < -0.3 is 5.73 Å². The summed E-state index contributed by atoms with van der Waals surface area (Å²) in [5.41, 5.74) is 8.05. The van der Waals surface area contributed by atoms with E-state index in [1.54, 1.807) is 17.6 Å². The topological polar surface area (TPSA) is 85.1 Å². The van der Waals surface area contributed by atoms with Gasteiger partial charge in [-0.15, -0.1) is 11.3 Å². The van der Waals surface area contributed by atoms with Gasteiger partial charge in [-0.05, 0) is 37.1 Å². The Morgan fingerprint density at radius 1 is 1.37 bits per heavy atom. The third kappa shape index (κ3) is 3.12. The molecule has 0 amide bonds. The first-order valence-electron chi connectivity index (χ1n) is 5.65. The Bertz CT molecular complexity index is 656. The largest absolute Gasteiger partial charge is 0.398 e. The second kappa shape index (κ2) is 5.28. The molecular formula is C12H15N3O2S2. The normalized spacial score (nSPS) is 11.7. The number of rotatable bonds is 4. The molecule has 0 spiro atoms. The van der Waals surface area contributed by atoms with Gasteiger partial charge in [0.05, 0.1) is 11.4 Å². The van der Waals surface area contributed by atoms with E-state index in [0.29, 0.717) is 5.69 Å². The summed E-state index contributed by atoms with van der Waals surface area (Å²) in [7, 11) is -3.56. The van der Waals surface area contributed by atoms with Gasteiger partial charge in [-0.1, -0.05) is 0 Å². The summed E-state index contributed by atoms with van der Waals surface area (Å²) in [5.74, 6) is 0. The molecule has 0 radical (unpaired) electrons. The van der Waals surface area contributed by atoms with Gasteiger partial charge in [0, 0.05) is 17.3 Å². The molecule has 0 unspecified atom stereocenters. The van der Waals surface area contributed by atoms with Crippen LogP contribution in [0.5, 0.6) is 0 Å². The summed E-state index contributed by atoms with van der Waals surface area (Å²) in [4.78, 5) is 4.21. The SMILES string of the molecule is Cc1cc(S(=O)(=O)NCc2nccs2)cc(N)c1C. The molecule has 0 saturated carbocycles. The Kier molecular flexibility index (Phi) is 3.88. The van der Waals surface area contributed by atoms with Crippen molar-refractivity contribution in [3.05, 3.63) is 39.8 Å². The van der Waals surface area contributed by atoms with Gasteiger partial charge in [-0.2, -0.15) is 0 Å². The highest BCUT2D eigenvalue weighted by Gasteiger charge is 2.16. The molecule has 0 bridgehead atoms. The fourth-order valence-electron chi connectivity index (χ4n) is 1.59. The molecular weight excluding hydrogens is 282 g/mol. The van der Waals surface area contributed by atoms with Gasteiger partial charge in [0.1, 0.15) is 5.01 Å². The van der Waals surface area contributed by atoms with E-state index in [1.807, 2.05) is 13.8 Å². The fourth-order valence-corrected chi connectivity index (χ4v) is 3.34. The average Bonchev–Trinajstić information content (AvgIpc) is 2.86. The predicted molar refractivity (Wildman–Crippen MR) is 76.5 cm³/mol. The molecule has 102 valence electrons. The highest BCUT2D eigenvalue weighted by molar-refractivity contribution is 7.89. The Morgan fingerprint density at radius 3 is 2.68 bits per heavy atom. The number of nitrogen functional groups attached to an aromatic ring is 1. The molecule has 5 nitrogen and oxygen atoms in total. The van der Waals surface area contributed by atoms with Crippen molar-refractivity contribution >= 4 is 27.0 Å². The first kappa shape index (κ1) is 14.0. The van der Waals surface area contributed by atoms with Crippen LogP contribution in [0.1, 0.15) is 16.1 Å². The first-order chi connectivity index (χ1) is 8.90. The molecule has 0 aliphatic heterocycles. The van der Waals surface area contributed by atoms with Crippen molar-refractivity contribution in [3.8, 4) is 0 Å². The molecule has 0 saturated heterocycles. The lowest BCUT2D eigenvalue weighted by molar-refractivity contribution is 0.581. The zero-order valence-corrected chi connectivity index (χ0v) is 12.3. The minimum Gasteiger partial charge on any atom is -0.398 e. The zero-order chi connectivity index (χ0) is 14.0. The molecule has 19 heavy (non-hydrogen) atoms. The van der Waals surface area contributed by atoms with Gasteiger partial charge in [0.2, 0.25) is 10.0 Å². The van der Waals surface area contributed by atoms with Gasteiger partial charge in [0.25, 0.3) is 0 Å². The number of aryl methyl sites for hydroxylation is 1. The van der Waals surface area contributed by atoms with E-state index in [-0.39, 0.29) is 11.4 Å². The smallest absolute Gasteiger partial charge is 0.241 e. The van der Waals surface area contributed by atoms with Crippen LogP contribution in [0.3, 0.4) is 0 Å². The number of nitrogens with zero attached hydrogens (tertiary/aromatic N) is 1. The Balaban J connectivity index is 2.24. The van der Waals surface area contributed by atoms with E-state index in [2.05, 4.69) is 9.71 Å². The standard InChI is InChI=1S/C12H15N3O2S2/c1-8-5-10(6-11(13)9(8)2)19(16,17)15-7-12-14-3-4-18-12/h3-6,15H,7,13H2,1-2H3. The molecule has 2 rings (SSSR count). The van der Waals surface area contributed by atoms with Crippen LogP contribution in [0.4, 0.5) is 5.69 Å². The highest BCUT2D eigenvalue weighted by Crippen LogP contribution is 2.21. The van der Waals surface area contributed by atoms with Crippen LogP contribution in [0.25, 0.3) is 0 Å². The second-order valence-corrected chi connectivity index (χ2v) is 6.95. The first-order valence-corrected chi connectivity index (χ1v) is 8.01. The lowest BCUT2D eigenvalue weighted by atomic mass is 10.1. The lowest BCUT2D eigenvalue weighted by Crippen LogP contribution is -2.23. The van der Waals surface area contributed by atoms with Crippen LogP contribution in [0.15, 0.2) is 28.6 Å². The van der Waals surface area contributed by atoms with Crippen molar-refractivity contribution in [3.63, 3.8) is 0 Å². The molecule has 0 fully saturated rings. The maximum absolute atomic E-state index is 12.2. The molecule has 0 aliphatic carbocycles. The van der Waals surface area contributed by atoms with E-state index in [4.69, 9.17) is 5.73 Å². The van der Waals surface area contributed by atoms with Gasteiger partial charge in [-0.3, -0.25) is 0 Å². The van der Waals surface area contributed by atoms with E-state index in [1.165, 1.54) is 17.4 Å². The lowest BCUT2D eigenvalue weighted by Gasteiger charge is -2.10. The van der Waals surface area contributed by atoms with E-state index in [9.17, 15) is 8.42 Å². The van der Waals surface area contributed by atoms with Crippen LogP contribution in [-0.4, -0.2) is 13.4 Å². The molecule has 0 atom stereocenters. The number of anilines is 1. The van der Waals surface area contributed by atoms with Gasteiger partial charge >= 0.3 is 0 Å². The summed E-state index contributed by atoms with van der Waals surface area (Å²) in [6.07, 6.45) is 1.64. The van der Waals surface area contributed by atoms with Gasteiger partial charge in [0.15, 0.2) is 0 Å². The summed E-state index contributed by atoms with van der Waals surface area (Å²) < 4.78 is 26.8. The summed E-state index contributed by atoms with van der Waals surface area (Å²) in [6.45, 7) is 3.89. The van der Waals surface area contributed by atoms with Crippen molar-refractivity contribution in [2.45, 2.75) is 25.3 Å². The number of aromatic nitrogens is 1. The maximum Gasteiger partial charge on any atom is 0.241 e. The fraction of sp³-hybridized carbons (Fsp3) is 0.250. The van der Waals surface area contributed by atoms with Crippen molar-refractivity contribution in [2.24, 2.45) is 0 Å². The van der Waals surface area contributed by atoms with Gasteiger partial charge in [-0.25, -0.2) is 18.1 Å². The number of hydrogen-bond acceptors (Lipinski definition) is 5. The third-order valence-electron chi connectivity index (χ3n) is 2.89. The number of nitrogens with one attached hydrogen (secondary N) is 1. The minimum atomic E-state index is -3.56. The van der Waals surface area contributed by atoms with E-state index in [0.717, 1.165) is 16.1 Å². The van der Waals surface area contributed by atoms with E-state index >= 15 is 0 Å². The van der Waals surface area contributed by atoms with Crippen molar-refractivity contribution in [1.29, 1.82) is 0 Å². The number of benzene rings is 1. The van der Waals surface area contributed by atoms with Crippen molar-refractivity contribution in [2.75, 3.05) is 5.73 Å². The molecule has 3 N–H and O–H groups in total. The maximum atomic E-state index is 12.2. The minimum absolute atomic E-state index is 0.185. The van der Waals surface area contributed by atoms with Crippen LogP contribution in [0, 0.1) is 13.8 Å². The number of sulfonamides is 1. The van der Waals surface area contributed by atoms with Crippen LogP contribution < -0.4 is 10.5 Å². The molecule has 1 aromatic carbocycles. The Morgan fingerprint density at radius 2 is 2.11 bits per heavy atom. The highest BCUT2D eigenvalue weighted by atomic mass is 32.2. The Labute approximate surface area is 116 Å². The zero-order valence-electron chi connectivity index (χ0n) is 10.7. The quantitative estimate of drug-likeness (QED) is 0.843. The van der Waals surface area contributed by atoms with Crippen LogP contribution in [0.2, 0.25) is 0 Å².